The summed E-state index contributed by atoms with van der Waals surface area (Å²) in [5.74, 6) is 0.00156. The topological polar surface area (TPSA) is 82.1 Å². The van der Waals surface area contributed by atoms with E-state index in [9.17, 15) is 14.4 Å². The van der Waals surface area contributed by atoms with Gasteiger partial charge in [0.2, 0.25) is 0 Å². The summed E-state index contributed by atoms with van der Waals surface area (Å²) in [6.07, 6.45) is 1.98. The summed E-state index contributed by atoms with van der Waals surface area (Å²) in [7, 11) is 1.53. The van der Waals surface area contributed by atoms with Crippen LogP contribution in [0.4, 0.5) is 4.79 Å². The Balaban J connectivity index is 2.15. The molecule has 28 heavy (non-hydrogen) atoms. The van der Waals surface area contributed by atoms with E-state index in [-0.39, 0.29) is 17.1 Å². The average molecular weight is 407 g/mol. The summed E-state index contributed by atoms with van der Waals surface area (Å²) in [6.45, 7) is 7.07. The molecule has 0 saturated carbocycles. The van der Waals surface area contributed by atoms with Crippen LogP contribution in [0, 0.1) is 0 Å². The normalized spacial score (nSPS) is 16.6. The van der Waals surface area contributed by atoms with Crippen LogP contribution in [0.2, 0.25) is 0 Å². The molecular weight excluding hydrogens is 382 g/mol. The molecule has 0 aliphatic carbocycles. The predicted molar refractivity (Wildman–Crippen MR) is 107 cm³/mol. The van der Waals surface area contributed by atoms with Gasteiger partial charge in [-0.05, 0) is 62.7 Å². The maximum atomic E-state index is 12.5. The molecule has 0 radical (unpaired) electrons. The molecule has 1 fully saturated rings. The molecule has 0 bridgehead atoms. The zero-order valence-corrected chi connectivity index (χ0v) is 17.5. The molecule has 152 valence electrons. The van der Waals surface area contributed by atoms with Crippen molar-refractivity contribution in [3.63, 3.8) is 0 Å². The van der Waals surface area contributed by atoms with Crippen molar-refractivity contribution in [2.24, 2.45) is 0 Å². The van der Waals surface area contributed by atoms with E-state index in [0.29, 0.717) is 23.5 Å². The minimum absolute atomic E-state index is 0.00793. The summed E-state index contributed by atoms with van der Waals surface area (Å²) in [6, 6.07) is 5.24. The van der Waals surface area contributed by atoms with Crippen molar-refractivity contribution < 1.29 is 28.6 Å². The second kappa shape index (κ2) is 9.64. The second-order valence-corrected chi connectivity index (χ2v) is 7.55. The summed E-state index contributed by atoms with van der Waals surface area (Å²) in [5, 5.41) is -0.496. The summed E-state index contributed by atoms with van der Waals surface area (Å²) in [5.41, 5.74) is 0.681. The molecule has 2 rings (SSSR count). The van der Waals surface area contributed by atoms with Gasteiger partial charge in [0.1, 0.15) is 6.54 Å². The third-order valence-corrected chi connectivity index (χ3v) is 4.82. The van der Waals surface area contributed by atoms with Crippen molar-refractivity contribution in [2.45, 2.75) is 46.3 Å². The first-order valence-corrected chi connectivity index (χ1v) is 9.86. The standard InChI is InChI=1S/C20H25NO6S/c1-6-13(4)27-18(22)11-21-19(23)17(28-20(21)24)10-14-7-8-15(26-12(2)3)16(9-14)25-5/h7-10,12-13H,6,11H2,1-5H3/b17-10-/t13-/m0/s1. The lowest BCUT2D eigenvalue weighted by molar-refractivity contribution is -0.150. The molecule has 0 spiro atoms. The smallest absolute Gasteiger partial charge is 0.326 e. The summed E-state index contributed by atoms with van der Waals surface area (Å²) < 4.78 is 16.1. The number of thioether (sulfide) groups is 1. The quantitative estimate of drug-likeness (QED) is 0.478. The molecule has 1 heterocycles. The van der Waals surface area contributed by atoms with Crippen LogP contribution in [0.5, 0.6) is 11.5 Å². The molecule has 0 aromatic heterocycles. The Morgan fingerprint density at radius 3 is 2.54 bits per heavy atom. The van der Waals surface area contributed by atoms with Gasteiger partial charge in [-0.25, -0.2) is 0 Å². The zero-order valence-electron chi connectivity index (χ0n) is 16.7. The van der Waals surface area contributed by atoms with E-state index in [1.54, 1.807) is 31.2 Å². The van der Waals surface area contributed by atoms with Crippen molar-refractivity contribution in [2.75, 3.05) is 13.7 Å². The molecule has 1 atom stereocenters. The van der Waals surface area contributed by atoms with Gasteiger partial charge in [0, 0.05) is 0 Å². The van der Waals surface area contributed by atoms with E-state index >= 15 is 0 Å². The van der Waals surface area contributed by atoms with E-state index in [2.05, 4.69) is 0 Å². The number of methoxy groups -OCH3 is 1. The Hall–Kier alpha value is -2.48. The fourth-order valence-corrected chi connectivity index (χ4v) is 3.23. The van der Waals surface area contributed by atoms with Gasteiger partial charge in [0.25, 0.3) is 11.1 Å². The van der Waals surface area contributed by atoms with Gasteiger partial charge < -0.3 is 14.2 Å². The van der Waals surface area contributed by atoms with Gasteiger partial charge >= 0.3 is 5.97 Å². The molecule has 8 heteroatoms. The first-order valence-electron chi connectivity index (χ1n) is 9.04. The predicted octanol–water partition coefficient (Wildman–Crippen LogP) is 3.86. The number of hydrogen-bond acceptors (Lipinski definition) is 7. The number of ether oxygens (including phenoxy) is 3. The monoisotopic (exact) mass is 407 g/mol. The lowest BCUT2D eigenvalue weighted by atomic mass is 10.2. The molecule has 1 saturated heterocycles. The van der Waals surface area contributed by atoms with Crippen molar-refractivity contribution in [1.29, 1.82) is 0 Å². The number of amides is 2. The van der Waals surface area contributed by atoms with Gasteiger partial charge in [-0.1, -0.05) is 13.0 Å². The molecule has 1 aromatic carbocycles. The maximum absolute atomic E-state index is 12.5. The van der Waals surface area contributed by atoms with Gasteiger partial charge in [-0.15, -0.1) is 0 Å². The lowest BCUT2D eigenvalue weighted by Crippen LogP contribution is -2.35. The highest BCUT2D eigenvalue weighted by molar-refractivity contribution is 8.18. The number of benzene rings is 1. The van der Waals surface area contributed by atoms with Crippen LogP contribution in [-0.2, 0) is 14.3 Å². The number of hydrogen-bond donors (Lipinski definition) is 0. The third-order valence-electron chi connectivity index (χ3n) is 3.92. The number of nitrogens with zero attached hydrogens (tertiary/aromatic N) is 1. The van der Waals surface area contributed by atoms with Crippen molar-refractivity contribution in [3.05, 3.63) is 28.7 Å². The Morgan fingerprint density at radius 1 is 1.21 bits per heavy atom. The van der Waals surface area contributed by atoms with Crippen LogP contribution in [0.3, 0.4) is 0 Å². The molecular formula is C20H25NO6S. The van der Waals surface area contributed by atoms with Gasteiger partial charge in [-0.2, -0.15) is 0 Å². The maximum Gasteiger partial charge on any atom is 0.326 e. The Bertz CT molecular complexity index is 789. The lowest BCUT2D eigenvalue weighted by Gasteiger charge is -2.15. The van der Waals surface area contributed by atoms with E-state index in [1.165, 1.54) is 7.11 Å². The molecule has 7 nitrogen and oxygen atoms in total. The molecule has 1 aliphatic heterocycles. The zero-order chi connectivity index (χ0) is 20.8. The number of carbonyl (C=O) groups excluding carboxylic acids is 3. The molecule has 0 N–H and O–H groups in total. The highest BCUT2D eigenvalue weighted by Gasteiger charge is 2.36. The molecule has 2 amide bonds. The van der Waals surface area contributed by atoms with Gasteiger partial charge in [-0.3, -0.25) is 19.3 Å². The Labute approximate surface area is 169 Å². The number of esters is 1. The van der Waals surface area contributed by atoms with E-state index in [4.69, 9.17) is 14.2 Å². The highest BCUT2D eigenvalue weighted by atomic mass is 32.2. The van der Waals surface area contributed by atoms with Gasteiger partial charge in [0.15, 0.2) is 11.5 Å². The van der Waals surface area contributed by atoms with E-state index < -0.39 is 23.7 Å². The fraction of sp³-hybridized carbons (Fsp3) is 0.450. The molecule has 1 aliphatic rings. The Kier molecular flexibility index (Phi) is 7.51. The van der Waals surface area contributed by atoms with Crippen LogP contribution < -0.4 is 9.47 Å². The SMILES string of the molecule is CC[C@H](C)OC(=O)CN1C(=O)S/C(=C\c2ccc(OC(C)C)c(OC)c2)C1=O. The van der Waals surface area contributed by atoms with Crippen LogP contribution in [0.15, 0.2) is 23.1 Å². The highest BCUT2D eigenvalue weighted by Crippen LogP contribution is 2.34. The van der Waals surface area contributed by atoms with Crippen LogP contribution in [0.1, 0.15) is 39.7 Å². The van der Waals surface area contributed by atoms with Crippen molar-refractivity contribution in [3.8, 4) is 11.5 Å². The third kappa shape index (κ3) is 5.51. The Morgan fingerprint density at radius 2 is 1.93 bits per heavy atom. The van der Waals surface area contributed by atoms with Crippen molar-refractivity contribution >= 4 is 35.0 Å². The van der Waals surface area contributed by atoms with Gasteiger partial charge in [0.05, 0.1) is 24.2 Å². The minimum atomic E-state index is -0.602. The van der Waals surface area contributed by atoms with Crippen molar-refractivity contribution in [1.82, 2.24) is 4.90 Å². The molecule has 1 aromatic rings. The van der Waals surface area contributed by atoms with Crippen LogP contribution in [0.25, 0.3) is 6.08 Å². The second-order valence-electron chi connectivity index (χ2n) is 6.55. The first-order chi connectivity index (χ1) is 13.2. The number of rotatable bonds is 8. The minimum Gasteiger partial charge on any atom is -0.493 e. The first kappa shape index (κ1) is 21.8. The fourth-order valence-electron chi connectivity index (χ4n) is 2.39. The number of imide groups is 1. The van der Waals surface area contributed by atoms with Crippen LogP contribution in [-0.4, -0.2) is 47.9 Å². The summed E-state index contributed by atoms with van der Waals surface area (Å²) >= 11 is 0.790. The van der Waals surface area contributed by atoms with Crippen LogP contribution >= 0.6 is 11.8 Å². The number of carbonyl (C=O) groups is 3. The average Bonchev–Trinajstić information content (AvgIpc) is 2.89. The van der Waals surface area contributed by atoms with E-state index in [0.717, 1.165) is 16.7 Å². The summed E-state index contributed by atoms with van der Waals surface area (Å²) in [4.78, 5) is 37.7. The molecule has 0 unspecified atom stereocenters. The largest absolute Gasteiger partial charge is 0.493 e. The van der Waals surface area contributed by atoms with E-state index in [1.807, 2.05) is 20.8 Å².